The summed E-state index contributed by atoms with van der Waals surface area (Å²) in [6.07, 6.45) is 4.52. The third-order valence-corrected chi connectivity index (χ3v) is 2.55. The smallest absolute Gasteiger partial charge is 0.107 e. The van der Waals surface area contributed by atoms with Crippen molar-refractivity contribution in [3.05, 3.63) is 53.1 Å². The number of nitrogens with one attached hydrogen (secondary N) is 2. The van der Waals surface area contributed by atoms with Gasteiger partial charge in [-0.2, -0.15) is 0 Å². The Bertz CT molecular complexity index is 426. The van der Waals surface area contributed by atoms with Crippen LogP contribution in [0.5, 0.6) is 0 Å². The summed E-state index contributed by atoms with van der Waals surface area (Å²) in [6, 6.07) is 7.88. The first-order valence-corrected chi connectivity index (χ1v) is 5.66. The Morgan fingerprint density at radius 3 is 3.06 bits per heavy atom. The number of aromatic amines is 1. The summed E-state index contributed by atoms with van der Waals surface area (Å²) >= 11 is 5.90. The number of hydrogen-bond acceptors (Lipinski definition) is 2. The summed E-state index contributed by atoms with van der Waals surface area (Å²) < 4.78 is 0. The van der Waals surface area contributed by atoms with Gasteiger partial charge in [-0.05, 0) is 17.7 Å². The fourth-order valence-corrected chi connectivity index (χ4v) is 1.73. The maximum atomic E-state index is 5.90. The average molecular weight is 236 g/mol. The summed E-state index contributed by atoms with van der Waals surface area (Å²) in [5, 5.41) is 4.13. The van der Waals surface area contributed by atoms with E-state index in [1.807, 2.05) is 24.4 Å². The molecule has 84 valence electrons. The summed E-state index contributed by atoms with van der Waals surface area (Å²) in [5.41, 5.74) is 1.20. The molecule has 1 aromatic heterocycles. The topological polar surface area (TPSA) is 40.7 Å². The molecule has 0 radical (unpaired) electrons. The van der Waals surface area contributed by atoms with Gasteiger partial charge in [0.05, 0.1) is 0 Å². The van der Waals surface area contributed by atoms with Gasteiger partial charge in [-0.3, -0.25) is 0 Å². The molecule has 2 rings (SSSR count). The summed E-state index contributed by atoms with van der Waals surface area (Å²) in [6.45, 7) is 1.74. The van der Waals surface area contributed by atoms with E-state index >= 15 is 0 Å². The highest BCUT2D eigenvalue weighted by atomic mass is 35.5. The molecule has 2 N–H and O–H groups in total. The minimum Gasteiger partial charge on any atom is -0.349 e. The number of H-pyrrole nitrogens is 1. The monoisotopic (exact) mass is 235 g/mol. The fourth-order valence-electron chi connectivity index (χ4n) is 1.52. The number of imidazole rings is 1. The van der Waals surface area contributed by atoms with Crippen molar-refractivity contribution < 1.29 is 0 Å². The quantitative estimate of drug-likeness (QED) is 0.782. The van der Waals surface area contributed by atoms with Crippen LogP contribution in [0, 0.1) is 0 Å². The minimum atomic E-state index is 0.783. The van der Waals surface area contributed by atoms with Crippen LogP contribution in [0.4, 0.5) is 0 Å². The molecule has 0 saturated carbocycles. The Labute approximate surface area is 99.9 Å². The third kappa shape index (κ3) is 3.36. The van der Waals surface area contributed by atoms with Crippen molar-refractivity contribution in [1.29, 1.82) is 0 Å². The van der Waals surface area contributed by atoms with Gasteiger partial charge in [0.2, 0.25) is 0 Å². The highest BCUT2D eigenvalue weighted by Gasteiger charge is 1.96. The van der Waals surface area contributed by atoms with E-state index in [1.165, 1.54) is 5.56 Å². The molecule has 0 spiro atoms. The summed E-state index contributed by atoms with van der Waals surface area (Å²) in [4.78, 5) is 7.23. The van der Waals surface area contributed by atoms with E-state index in [4.69, 9.17) is 11.6 Å². The predicted molar refractivity (Wildman–Crippen MR) is 65.5 cm³/mol. The Morgan fingerprint density at radius 2 is 2.31 bits per heavy atom. The molecule has 1 heterocycles. The van der Waals surface area contributed by atoms with Gasteiger partial charge in [-0.15, -0.1) is 0 Å². The average Bonchev–Trinajstić information content (AvgIpc) is 2.77. The van der Waals surface area contributed by atoms with E-state index < -0.39 is 0 Å². The second kappa shape index (κ2) is 5.68. The zero-order valence-corrected chi connectivity index (χ0v) is 9.67. The standard InChI is InChI=1S/C12H14ClN3/c13-11-3-1-2-10(8-11)9-14-5-4-12-15-6-7-16-12/h1-3,6-8,14H,4-5,9H2,(H,15,16). The second-order valence-electron chi connectivity index (χ2n) is 3.59. The molecule has 0 aliphatic rings. The van der Waals surface area contributed by atoms with Gasteiger partial charge in [-0.25, -0.2) is 4.98 Å². The van der Waals surface area contributed by atoms with E-state index in [-0.39, 0.29) is 0 Å². The molecule has 0 unspecified atom stereocenters. The van der Waals surface area contributed by atoms with Crippen LogP contribution in [0.2, 0.25) is 5.02 Å². The molecule has 0 aliphatic heterocycles. The number of hydrogen-bond donors (Lipinski definition) is 2. The van der Waals surface area contributed by atoms with Crippen molar-refractivity contribution in [2.45, 2.75) is 13.0 Å². The highest BCUT2D eigenvalue weighted by Crippen LogP contribution is 2.10. The molecule has 0 fully saturated rings. The summed E-state index contributed by atoms with van der Waals surface area (Å²) in [5.74, 6) is 1.01. The Morgan fingerprint density at radius 1 is 1.38 bits per heavy atom. The van der Waals surface area contributed by atoms with E-state index in [2.05, 4.69) is 21.4 Å². The number of aromatic nitrogens is 2. The van der Waals surface area contributed by atoms with Gasteiger partial charge in [0, 0.05) is 36.9 Å². The van der Waals surface area contributed by atoms with Crippen LogP contribution >= 0.6 is 11.6 Å². The second-order valence-corrected chi connectivity index (χ2v) is 4.03. The highest BCUT2D eigenvalue weighted by molar-refractivity contribution is 6.30. The maximum Gasteiger partial charge on any atom is 0.107 e. The van der Waals surface area contributed by atoms with E-state index in [0.29, 0.717) is 0 Å². The van der Waals surface area contributed by atoms with Crippen molar-refractivity contribution in [3.8, 4) is 0 Å². The van der Waals surface area contributed by atoms with Crippen molar-refractivity contribution in [3.63, 3.8) is 0 Å². The van der Waals surface area contributed by atoms with Crippen molar-refractivity contribution >= 4 is 11.6 Å². The molecule has 0 aliphatic carbocycles. The van der Waals surface area contributed by atoms with Crippen molar-refractivity contribution in [2.24, 2.45) is 0 Å². The number of nitrogens with zero attached hydrogens (tertiary/aromatic N) is 1. The molecule has 0 amide bonds. The number of benzene rings is 1. The van der Waals surface area contributed by atoms with Crippen LogP contribution < -0.4 is 5.32 Å². The van der Waals surface area contributed by atoms with Gasteiger partial charge in [0.1, 0.15) is 5.82 Å². The Hall–Kier alpha value is -1.32. The normalized spacial score (nSPS) is 10.6. The Balaban J connectivity index is 1.72. The SMILES string of the molecule is Clc1cccc(CNCCc2ncc[nH]2)c1. The van der Waals surface area contributed by atoms with Crippen molar-refractivity contribution in [1.82, 2.24) is 15.3 Å². The predicted octanol–water partition coefficient (Wildman–Crippen LogP) is 2.40. The molecule has 1 aromatic carbocycles. The van der Waals surface area contributed by atoms with Gasteiger partial charge in [0.15, 0.2) is 0 Å². The molecule has 16 heavy (non-hydrogen) atoms. The lowest BCUT2D eigenvalue weighted by atomic mass is 10.2. The number of halogens is 1. The van der Waals surface area contributed by atoms with Crippen LogP contribution in [0.1, 0.15) is 11.4 Å². The minimum absolute atomic E-state index is 0.783. The zero-order chi connectivity index (χ0) is 11.2. The molecule has 0 saturated heterocycles. The lowest BCUT2D eigenvalue weighted by molar-refractivity contribution is 0.674. The third-order valence-electron chi connectivity index (χ3n) is 2.31. The van der Waals surface area contributed by atoms with Gasteiger partial charge < -0.3 is 10.3 Å². The van der Waals surface area contributed by atoms with E-state index in [9.17, 15) is 0 Å². The van der Waals surface area contributed by atoms with E-state index in [1.54, 1.807) is 6.20 Å². The first kappa shape index (κ1) is 11.2. The van der Waals surface area contributed by atoms with Gasteiger partial charge in [-0.1, -0.05) is 23.7 Å². The van der Waals surface area contributed by atoms with Crippen LogP contribution in [0.15, 0.2) is 36.7 Å². The van der Waals surface area contributed by atoms with Gasteiger partial charge >= 0.3 is 0 Å². The first-order chi connectivity index (χ1) is 7.84. The lowest BCUT2D eigenvalue weighted by Gasteiger charge is -2.04. The molecule has 3 nitrogen and oxygen atoms in total. The molecule has 0 bridgehead atoms. The van der Waals surface area contributed by atoms with E-state index in [0.717, 1.165) is 30.4 Å². The first-order valence-electron chi connectivity index (χ1n) is 5.28. The summed E-state index contributed by atoms with van der Waals surface area (Å²) in [7, 11) is 0. The fraction of sp³-hybridized carbons (Fsp3) is 0.250. The van der Waals surface area contributed by atoms with Gasteiger partial charge in [0.25, 0.3) is 0 Å². The van der Waals surface area contributed by atoms with Crippen LogP contribution in [0.25, 0.3) is 0 Å². The maximum absolute atomic E-state index is 5.90. The van der Waals surface area contributed by atoms with Crippen molar-refractivity contribution in [2.75, 3.05) is 6.54 Å². The molecule has 2 aromatic rings. The molecular weight excluding hydrogens is 222 g/mol. The lowest BCUT2D eigenvalue weighted by Crippen LogP contribution is -2.17. The molecule has 4 heteroatoms. The largest absolute Gasteiger partial charge is 0.349 e. The van der Waals surface area contributed by atoms with Crippen LogP contribution in [-0.2, 0) is 13.0 Å². The Kier molecular flexibility index (Phi) is 3.97. The molecule has 0 atom stereocenters. The van der Waals surface area contributed by atoms with Crippen LogP contribution in [0.3, 0.4) is 0 Å². The zero-order valence-electron chi connectivity index (χ0n) is 8.91. The molecular formula is C12H14ClN3. The van der Waals surface area contributed by atoms with Crippen LogP contribution in [-0.4, -0.2) is 16.5 Å². The number of rotatable bonds is 5.